The van der Waals surface area contributed by atoms with Crippen LogP contribution < -0.4 is 4.74 Å². The molecule has 3 fully saturated rings. The monoisotopic (exact) mass is 416 g/mol. The summed E-state index contributed by atoms with van der Waals surface area (Å²) in [7, 11) is 0. The first kappa shape index (κ1) is 19.8. The molecular formula is C28H36N2O. The summed E-state index contributed by atoms with van der Waals surface area (Å²) >= 11 is 0. The summed E-state index contributed by atoms with van der Waals surface area (Å²) in [4.78, 5) is 7.06. The van der Waals surface area contributed by atoms with Crippen LogP contribution in [0.4, 0.5) is 0 Å². The van der Waals surface area contributed by atoms with E-state index < -0.39 is 0 Å². The van der Waals surface area contributed by atoms with Gasteiger partial charge in [-0.15, -0.1) is 0 Å². The van der Waals surface area contributed by atoms with Crippen molar-refractivity contribution in [1.29, 1.82) is 0 Å². The zero-order valence-corrected chi connectivity index (χ0v) is 18.9. The van der Waals surface area contributed by atoms with Gasteiger partial charge in [-0.1, -0.05) is 19.1 Å². The maximum Gasteiger partial charge on any atom is 0.120 e. The van der Waals surface area contributed by atoms with Crippen LogP contribution in [0.25, 0.3) is 0 Å². The number of aromatic nitrogens is 1. The highest BCUT2D eigenvalue weighted by Crippen LogP contribution is 2.62. The van der Waals surface area contributed by atoms with Crippen molar-refractivity contribution in [2.75, 3.05) is 13.1 Å². The Kier molecular flexibility index (Phi) is 5.06. The number of fused-ring (bicyclic) bond motifs is 5. The average molecular weight is 417 g/mol. The van der Waals surface area contributed by atoms with Gasteiger partial charge in [-0.2, -0.15) is 0 Å². The van der Waals surface area contributed by atoms with Gasteiger partial charge in [0, 0.05) is 24.0 Å². The molecule has 3 nitrogen and oxygen atoms in total. The highest BCUT2D eigenvalue weighted by atomic mass is 16.5. The molecule has 0 amide bonds. The second-order valence-corrected chi connectivity index (χ2v) is 10.8. The summed E-state index contributed by atoms with van der Waals surface area (Å²) in [6.07, 6.45) is 14.8. The van der Waals surface area contributed by atoms with Gasteiger partial charge in [-0.3, -0.25) is 9.88 Å². The van der Waals surface area contributed by atoms with Gasteiger partial charge in [0.2, 0.25) is 0 Å². The third kappa shape index (κ3) is 3.40. The first-order valence-electron chi connectivity index (χ1n) is 12.6. The topological polar surface area (TPSA) is 25.4 Å². The highest BCUT2D eigenvalue weighted by molar-refractivity contribution is 5.41. The smallest absolute Gasteiger partial charge is 0.120 e. The number of ether oxygens (including phenoxy) is 1. The molecule has 3 heteroatoms. The summed E-state index contributed by atoms with van der Waals surface area (Å²) in [5.41, 5.74) is 4.86. The van der Waals surface area contributed by atoms with Crippen LogP contribution in [-0.4, -0.2) is 29.0 Å². The quantitative estimate of drug-likeness (QED) is 0.613. The molecule has 0 bridgehead atoms. The van der Waals surface area contributed by atoms with Crippen molar-refractivity contribution in [2.24, 2.45) is 17.3 Å². The molecule has 5 atom stereocenters. The molecule has 31 heavy (non-hydrogen) atoms. The van der Waals surface area contributed by atoms with Crippen molar-refractivity contribution in [3.05, 3.63) is 59.4 Å². The summed E-state index contributed by atoms with van der Waals surface area (Å²) in [6, 6.07) is 11.8. The maximum absolute atomic E-state index is 6.11. The Morgan fingerprint density at radius 2 is 2.00 bits per heavy atom. The van der Waals surface area contributed by atoms with Crippen LogP contribution in [0.5, 0.6) is 5.75 Å². The normalized spacial score (nSPS) is 34.7. The van der Waals surface area contributed by atoms with Crippen LogP contribution >= 0.6 is 0 Å². The molecule has 4 aliphatic rings. The lowest BCUT2D eigenvalue weighted by Gasteiger charge is -2.52. The summed E-state index contributed by atoms with van der Waals surface area (Å²) in [5.74, 6) is 3.59. The van der Waals surface area contributed by atoms with Gasteiger partial charge in [0.05, 0.1) is 0 Å². The molecule has 1 aromatic heterocycles. The maximum atomic E-state index is 6.11. The molecule has 1 saturated heterocycles. The standard InChI is InChI=1S/C28H36N2O/c1-28-13-12-24-23-9-7-22(31-19-20-5-4-14-29-18-20)17-21(23)6-8-25(24)26(28)10-11-27(28)30-15-2-3-16-30/h4-5,7,9,14,17-18,24-27H,2-3,6,8,10-13,15-16,19H2,1H3/t24-,25-,26+,27+,28+/m1/s1. The van der Waals surface area contributed by atoms with Crippen molar-refractivity contribution >= 4 is 0 Å². The van der Waals surface area contributed by atoms with E-state index >= 15 is 0 Å². The first-order chi connectivity index (χ1) is 15.2. The Morgan fingerprint density at radius 3 is 2.84 bits per heavy atom. The number of likely N-dealkylation sites (tertiary alicyclic amines) is 1. The molecule has 2 saturated carbocycles. The molecule has 2 heterocycles. The van der Waals surface area contributed by atoms with Gasteiger partial charge in [-0.25, -0.2) is 0 Å². The van der Waals surface area contributed by atoms with Gasteiger partial charge in [0.1, 0.15) is 12.4 Å². The molecule has 1 aliphatic heterocycles. The average Bonchev–Trinajstić information content (AvgIpc) is 3.45. The van der Waals surface area contributed by atoms with E-state index in [4.69, 9.17) is 4.74 Å². The van der Waals surface area contributed by atoms with Crippen LogP contribution in [0, 0.1) is 17.3 Å². The fourth-order valence-electron chi connectivity index (χ4n) is 7.92. The molecule has 164 valence electrons. The van der Waals surface area contributed by atoms with Crippen LogP contribution in [0.15, 0.2) is 42.7 Å². The van der Waals surface area contributed by atoms with Gasteiger partial charge < -0.3 is 4.74 Å². The van der Waals surface area contributed by atoms with Crippen LogP contribution in [0.3, 0.4) is 0 Å². The van der Waals surface area contributed by atoms with E-state index in [2.05, 4.69) is 41.1 Å². The number of hydrogen-bond acceptors (Lipinski definition) is 3. The van der Waals surface area contributed by atoms with Crippen LogP contribution in [0.2, 0.25) is 0 Å². The number of rotatable bonds is 4. The van der Waals surface area contributed by atoms with E-state index in [1.54, 1.807) is 11.1 Å². The van der Waals surface area contributed by atoms with Gasteiger partial charge >= 0.3 is 0 Å². The van der Waals surface area contributed by atoms with E-state index in [1.807, 2.05) is 18.5 Å². The summed E-state index contributed by atoms with van der Waals surface area (Å²) in [5, 5.41) is 0. The fraction of sp³-hybridized carbons (Fsp3) is 0.607. The Hall–Kier alpha value is -1.87. The van der Waals surface area contributed by atoms with E-state index in [0.29, 0.717) is 12.0 Å². The molecule has 0 radical (unpaired) electrons. The number of pyridine rings is 1. The Labute approximate surface area is 187 Å². The molecule has 1 aromatic carbocycles. The van der Waals surface area contributed by atoms with Crippen molar-refractivity contribution in [2.45, 2.75) is 76.9 Å². The number of benzene rings is 1. The molecule has 0 spiro atoms. The first-order valence-corrected chi connectivity index (χ1v) is 12.6. The molecule has 0 N–H and O–H groups in total. The van der Waals surface area contributed by atoms with E-state index in [0.717, 1.165) is 35.1 Å². The Morgan fingerprint density at radius 1 is 1.10 bits per heavy atom. The lowest BCUT2D eigenvalue weighted by Crippen LogP contribution is -2.49. The van der Waals surface area contributed by atoms with Crippen molar-refractivity contribution < 1.29 is 4.74 Å². The second kappa shape index (κ2) is 7.92. The highest BCUT2D eigenvalue weighted by Gasteiger charge is 2.56. The predicted octanol–water partition coefficient (Wildman–Crippen LogP) is 5.98. The minimum absolute atomic E-state index is 0.551. The molecule has 0 unspecified atom stereocenters. The van der Waals surface area contributed by atoms with Gasteiger partial charge in [-0.05, 0) is 117 Å². The predicted molar refractivity (Wildman–Crippen MR) is 124 cm³/mol. The Balaban J connectivity index is 1.19. The Bertz CT molecular complexity index is 922. The third-order valence-corrected chi connectivity index (χ3v) is 9.36. The number of hydrogen-bond donors (Lipinski definition) is 0. The largest absolute Gasteiger partial charge is 0.489 e. The summed E-state index contributed by atoms with van der Waals surface area (Å²) < 4.78 is 6.11. The van der Waals surface area contributed by atoms with E-state index in [1.165, 1.54) is 64.5 Å². The minimum Gasteiger partial charge on any atom is -0.489 e. The molecule has 2 aromatic rings. The zero-order chi connectivity index (χ0) is 20.8. The van der Waals surface area contributed by atoms with Crippen molar-refractivity contribution in [3.63, 3.8) is 0 Å². The van der Waals surface area contributed by atoms with Crippen molar-refractivity contribution in [1.82, 2.24) is 9.88 Å². The van der Waals surface area contributed by atoms with Crippen LogP contribution in [-0.2, 0) is 13.0 Å². The van der Waals surface area contributed by atoms with Crippen LogP contribution in [0.1, 0.15) is 74.5 Å². The van der Waals surface area contributed by atoms with Crippen molar-refractivity contribution in [3.8, 4) is 5.75 Å². The third-order valence-electron chi connectivity index (χ3n) is 9.36. The van der Waals surface area contributed by atoms with E-state index in [-0.39, 0.29) is 0 Å². The lowest BCUT2D eigenvalue weighted by molar-refractivity contribution is 0.00683. The molecule has 6 rings (SSSR count). The minimum atomic E-state index is 0.551. The molecular weight excluding hydrogens is 380 g/mol. The number of aryl methyl sites for hydroxylation is 1. The van der Waals surface area contributed by atoms with Gasteiger partial charge in [0.25, 0.3) is 0 Å². The van der Waals surface area contributed by atoms with E-state index in [9.17, 15) is 0 Å². The fourth-order valence-corrected chi connectivity index (χ4v) is 7.92. The zero-order valence-electron chi connectivity index (χ0n) is 18.9. The SMILES string of the molecule is C[C@]12CC[C@@H]3c4ccc(OCc5cccnc5)cc4CC[C@H]3[C@@H]1CC[C@@H]2N1CCCC1. The van der Waals surface area contributed by atoms with Gasteiger partial charge in [0.15, 0.2) is 0 Å². The number of nitrogens with zero attached hydrogens (tertiary/aromatic N) is 2. The lowest BCUT2D eigenvalue weighted by atomic mass is 9.55. The molecule has 3 aliphatic carbocycles. The summed E-state index contributed by atoms with van der Waals surface area (Å²) in [6.45, 7) is 5.96. The second-order valence-electron chi connectivity index (χ2n) is 10.8.